The molecule has 0 bridgehead atoms. The van der Waals surface area contributed by atoms with Crippen molar-refractivity contribution in [2.45, 2.75) is 6.92 Å². The quantitative estimate of drug-likeness (QED) is 0.782. The molecule has 2 aromatic rings. The van der Waals surface area contributed by atoms with Crippen LogP contribution in [-0.4, -0.2) is 5.91 Å². The first-order valence-electron chi connectivity index (χ1n) is 4.89. The van der Waals surface area contributed by atoms with E-state index in [1.165, 1.54) is 0 Å². The zero-order chi connectivity index (χ0) is 11.5. The summed E-state index contributed by atoms with van der Waals surface area (Å²) in [6.07, 6.45) is 0. The molecule has 0 aliphatic carbocycles. The number of thiophene rings is 1. The van der Waals surface area contributed by atoms with Crippen LogP contribution in [0.5, 0.6) is 0 Å². The Labute approximate surface area is 97.9 Å². The Balaban J connectivity index is 2.18. The normalized spacial score (nSPS) is 10.1. The zero-order valence-electron chi connectivity index (χ0n) is 8.86. The molecule has 0 saturated carbocycles. The smallest absolute Gasteiger partial charge is 0.258 e. The van der Waals surface area contributed by atoms with E-state index in [0.717, 1.165) is 9.88 Å². The van der Waals surface area contributed by atoms with Gasteiger partial charge in [-0.25, -0.2) is 0 Å². The van der Waals surface area contributed by atoms with E-state index in [4.69, 9.17) is 5.73 Å². The summed E-state index contributed by atoms with van der Waals surface area (Å²) in [7, 11) is 0. The number of nitrogen functional groups attached to an aromatic ring is 1. The molecule has 0 aliphatic heterocycles. The van der Waals surface area contributed by atoms with Crippen molar-refractivity contribution in [3.05, 3.63) is 46.8 Å². The number of amides is 1. The molecule has 1 aromatic heterocycles. The second kappa shape index (κ2) is 4.37. The van der Waals surface area contributed by atoms with Crippen LogP contribution in [0.15, 0.2) is 36.4 Å². The third-order valence-corrected chi connectivity index (χ3v) is 3.10. The molecule has 0 radical (unpaired) electrons. The molecule has 82 valence electrons. The number of anilines is 2. The van der Waals surface area contributed by atoms with E-state index in [9.17, 15) is 4.79 Å². The number of para-hydroxylation sites is 1. The molecule has 0 saturated heterocycles. The predicted octanol–water partition coefficient (Wildman–Crippen LogP) is 2.89. The minimum Gasteiger partial charge on any atom is -0.398 e. The molecule has 1 amide bonds. The van der Waals surface area contributed by atoms with E-state index < -0.39 is 0 Å². The monoisotopic (exact) mass is 232 g/mol. The van der Waals surface area contributed by atoms with Crippen molar-refractivity contribution in [3.8, 4) is 0 Å². The highest BCUT2D eigenvalue weighted by molar-refractivity contribution is 7.16. The fourth-order valence-corrected chi connectivity index (χ4v) is 2.15. The standard InChI is InChI=1S/C12H12N2OS/c1-8-6-7-11(16-8)14-12(15)9-4-2-3-5-10(9)13/h2-7H,13H2,1H3,(H,14,15). The summed E-state index contributed by atoms with van der Waals surface area (Å²) >= 11 is 1.54. The first-order valence-corrected chi connectivity index (χ1v) is 5.71. The number of carbonyl (C=O) groups excluding carboxylic acids is 1. The number of aryl methyl sites for hydroxylation is 1. The van der Waals surface area contributed by atoms with Gasteiger partial charge in [0.2, 0.25) is 0 Å². The van der Waals surface area contributed by atoms with Gasteiger partial charge in [-0.2, -0.15) is 0 Å². The lowest BCUT2D eigenvalue weighted by atomic mass is 10.2. The van der Waals surface area contributed by atoms with Gasteiger partial charge >= 0.3 is 0 Å². The highest BCUT2D eigenvalue weighted by atomic mass is 32.1. The van der Waals surface area contributed by atoms with Crippen molar-refractivity contribution in [2.24, 2.45) is 0 Å². The molecule has 16 heavy (non-hydrogen) atoms. The number of rotatable bonds is 2. The molecule has 1 heterocycles. The minimum absolute atomic E-state index is 0.167. The molecule has 0 atom stereocenters. The molecule has 2 rings (SSSR count). The number of hydrogen-bond acceptors (Lipinski definition) is 3. The SMILES string of the molecule is Cc1ccc(NC(=O)c2ccccc2N)s1. The second-order valence-electron chi connectivity index (χ2n) is 3.45. The molecule has 0 spiro atoms. The third kappa shape index (κ3) is 2.23. The van der Waals surface area contributed by atoms with Crippen molar-refractivity contribution in [2.75, 3.05) is 11.1 Å². The molecule has 3 nitrogen and oxygen atoms in total. The van der Waals surface area contributed by atoms with Crippen molar-refractivity contribution in [1.29, 1.82) is 0 Å². The average molecular weight is 232 g/mol. The van der Waals surface area contributed by atoms with E-state index in [-0.39, 0.29) is 5.91 Å². The van der Waals surface area contributed by atoms with Crippen LogP contribution in [0.3, 0.4) is 0 Å². The van der Waals surface area contributed by atoms with Gasteiger partial charge in [0.25, 0.3) is 5.91 Å². The molecule has 1 aromatic carbocycles. The summed E-state index contributed by atoms with van der Waals surface area (Å²) < 4.78 is 0. The maximum absolute atomic E-state index is 11.9. The summed E-state index contributed by atoms with van der Waals surface area (Å²) in [5.74, 6) is -0.167. The van der Waals surface area contributed by atoms with Gasteiger partial charge in [-0.1, -0.05) is 12.1 Å². The number of benzene rings is 1. The fraction of sp³-hybridized carbons (Fsp3) is 0.0833. The largest absolute Gasteiger partial charge is 0.398 e. The number of nitrogens with two attached hydrogens (primary N) is 1. The third-order valence-electron chi connectivity index (χ3n) is 2.18. The highest BCUT2D eigenvalue weighted by Crippen LogP contribution is 2.22. The lowest BCUT2D eigenvalue weighted by molar-refractivity contribution is 0.102. The van der Waals surface area contributed by atoms with Gasteiger partial charge in [0, 0.05) is 10.6 Å². The summed E-state index contributed by atoms with van der Waals surface area (Å²) in [6, 6.07) is 10.9. The van der Waals surface area contributed by atoms with Gasteiger partial charge in [0.1, 0.15) is 0 Å². The molecule has 3 N–H and O–H groups in total. The Kier molecular flexibility index (Phi) is 2.92. The number of hydrogen-bond donors (Lipinski definition) is 2. The van der Waals surface area contributed by atoms with Crippen LogP contribution in [0.2, 0.25) is 0 Å². The summed E-state index contributed by atoms with van der Waals surface area (Å²) in [5, 5.41) is 3.66. The summed E-state index contributed by atoms with van der Waals surface area (Å²) in [4.78, 5) is 13.0. The molecule has 0 unspecified atom stereocenters. The lowest BCUT2D eigenvalue weighted by Gasteiger charge is -2.04. The van der Waals surface area contributed by atoms with Crippen LogP contribution in [0.4, 0.5) is 10.7 Å². The topological polar surface area (TPSA) is 55.1 Å². The summed E-state index contributed by atoms with van der Waals surface area (Å²) in [6.45, 7) is 2.00. The van der Waals surface area contributed by atoms with E-state index >= 15 is 0 Å². The molecule has 0 fully saturated rings. The number of carbonyl (C=O) groups is 1. The van der Waals surface area contributed by atoms with E-state index in [1.807, 2.05) is 19.1 Å². The Morgan fingerprint density at radius 2 is 2.00 bits per heavy atom. The fourth-order valence-electron chi connectivity index (χ4n) is 1.38. The molecular formula is C12H12N2OS. The van der Waals surface area contributed by atoms with Gasteiger partial charge in [0.05, 0.1) is 10.6 Å². The maximum atomic E-state index is 11.9. The van der Waals surface area contributed by atoms with Crippen molar-refractivity contribution in [1.82, 2.24) is 0 Å². The van der Waals surface area contributed by atoms with E-state index in [0.29, 0.717) is 11.3 Å². The van der Waals surface area contributed by atoms with Gasteiger partial charge in [-0.15, -0.1) is 11.3 Å². The Morgan fingerprint density at radius 1 is 1.25 bits per heavy atom. The Bertz CT molecular complexity index is 519. The maximum Gasteiger partial charge on any atom is 0.258 e. The number of nitrogens with one attached hydrogen (secondary N) is 1. The second-order valence-corrected chi connectivity index (χ2v) is 4.74. The van der Waals surface area contributed by atoms with Gasteiger partial charge < -0.3 is 11.1 Å². The first kappa shape index (κ1) is 10.7. The van der Waals surface area contributed by atoms with Gasteiger partial charge in [0.15, 0.2) is 0 Å². The predicted molar refractivity (Wildman–Crippen MR) is 67.9 cm³/mol. The van der Waals surface area contributed by atoms with E-state index in [2.05, 4.69) is 5.32 Å². The Morgan fingerprint density at radius 3 is 2.62 bits per heavy atom. The Hall–Kier alpha value is -1.81. The van der Waals surface area contributed by atoms with Crippen LogP contribution >= 0.6 is 11.3 Å². The van der Waals surface area contributed by atoms with Crippen LogP contribution in [0.25, 0.3) is 0 Å². The van der Waals surface area contributed by atoms with Crippen molar-refractivity contribution < 1.29 is 4.79 Å². The van der Waals surface area contributed by atoms with Gasteiger partial charge in [-0.3, -0.25) is 4.79 Å². The zero-order valence-corrected chi connectivity index (χ0v) is 9.67. The molecule has 0 aliphatic rings. The summed E-state index contributed by atoms with van der Waals surface area (Å²) in [5.41, 5.74) is 6.72. The van der Waals surface area contributed by atoms with Crippen molar-refractivity contribution >= 4 is 27.9 Å². The van der Waals surface area contributed by atoms with Crippen LogP contribution in [0, 0.1) is 6.92 Å². The van der Waals surface area contributed by atoms with Gasteiger partial charge in [-0.05, 0) is 31.2 Å². The van der Waals surface area contributed by atoms with Crippen molar-refractivity contribution in [3.63, 3.8) is 0 Å². The average Bonchev–Trinajstić information content (AvgIpc) is 2.64. The van der Waals surface area contributed by atoms with Crippen LogP contribution in [0.1, 0.15) is 15.2 Å². The molecular weight excluding hydrogens is 220 g/mol. The highest BCUT2D eigenvalue weighted by Gasteiger charge is 2.09. The van der Waals surface area contributed by atoms with Crippen LogP contribution < -0.4 is 11.1 Å². The molecule has 4 heteroatoms. The lowest BCUT2D eigenvalue weighted by Crippen LogP contribution is -2.12. The first-order chi connectivity index (χ1) is 7.66. The van der Waals surface area contributed by atoms with Crippen LogP contribution in [-0.2, 0) is 0 Å². The minimum atomic E-state index is -0.167. The van der Waals surface area contributed by atoms with E-state index in [1.54, 1.807) is 35.6 Å².